The van der Waals surface area contributed by atoms with Gasteiger partial charge in [0.15, 0.2) is 17.2 Å². The lowest BCUT2D eigenvalue weighted by Gasteiger charge is -2.05. The van der Waals surface area contributed by atoms with Crippen LogP contribution in [-0.2, 0) is 0 Å². The summed E-state index contributed by atoms with van der Waals surface area (Å²) in [6.45, 7) is 10.1. The van der Waals surface area contributed by atoms with E-state index in [4.69, 9.17) is 4.42 Å². The molecular weight excluding hydrogens is 204 g/mol. The Labute approximate surface area is 93.6 Å². The topological polar surface area (TPSA) is 63.8 Å². The zero-order valence-electron chi connectivity index (χ0n) is 9.66. The van der Waals surface area contributed by atoms with Crippen molar-refractivity contribution < 1.29 is 4.42 Å². The molecule has 0 atom stereocenters. The minimum atomic E-state index is 0.522. The molecule has 0 aliphatic heterocycles. The molecule has 0 aromatic carbocycles. The molecule has 0 amide bonds. The molecular formula is C11H14N4O. The van der Waals surface area contributed by atoms with E-state index in [1.54, 1.807) is 6.92 Å². The van der Waals surface area contributed by atoms with Gasteiger partial charge in [0.25, 0.3) is 5.71 Å². The minimum absolute atomic E-state index is 0.522. The molecule has 0 unspecified atom stereocenters. The fourth-order valence-corrected chi connectivity index (χ4v) is 1.39. The van der Waals surface area contributed by atoms with Crippen molar-refractivity contribution in [3.8, 4) is 0 Å². The highest BCUT2D eigenvalue weighted by Gasteiger charge is 2.11. The van der Waals surface area contributed by atoms with E-state index in [0.29, 0.717) is 35.3 Å². The predicted octanol–water partition coefficient (Wildman–Crippen LogP) is 2.22. The third-order valence-electron chi connectivity index (χ3n) is 2.04. The average molecular weight is 218 g/mol. The summed E-state index contributed by atoms with van der Waals surface area (Å²) in [5, 5.41) is 3.17. The van der Waals surface area contributed by atoms with E-state index < -0.39 is 0 Å². The molecule has 5 heteroatoms. The number of fused-ring (bicyclic) bond motifs is 1. The second-order valence-corrected chi connectivity index (χ2v) is 3.82. The third-order valence-corrected chi connectivity index (χ3v) is 2.04. The van der Waals surface area contributed by atoms with Crippen molar-refractivity contribution in [3.05, 3.63) is 23.9 Å². The van der Waals surface area contributed by atoms with Gasteiger partial charge in [0, 0.05) is 13.5 Å². The molecule has 0 radical (unpaired) electrons. The third kappa shape index (κ3) is 2.03. The van der Waals surface area contributed by atoms with Crippen molar-refractivity contribution in [1.82, 2.24) is 15.0 Å². The average Bonchev–Trinajstić information content (AvgIpc) is 2.54. The zero-order chi connectivity index (χ0) is 11.7. The van der Waals surface area contributed by atoms with Crippen molar-refractivity contribution >= 4 is 17.0 Å². The van der Waals surface area contributed by atoms with Crippen LogP contribution < -0.4 is 5.32 Å². The van der Waals surface area contributed by atoms with Gasteiger partial charge in [-0.15, -0.1) is 0 Å². The number of nitrogens with zero attached hydrogens (tertiary/aromatic N) is 3. The first kappa shape index (κ1) is 10.6. The van der Waals surface area contributed by atoms with Gasteiger partial charge in [0.1, 0.15) is 5.82 Å². The van der Waals surface area contributed by atoms with Crippen LogP contribution in [0.5, 0.6) is 0 Å². The number of hydrogen-bond acceptors (Lipinski definition) is 5. The van der Waals surface area contributed by atoms with E-state index in [9.17, 15) is 0 Å². The number of anilines is 1. The lowest BCUT2D eigenvalue weighted by atomic mass is 10.3. The fraction of sp³-hybridized carbons (Fsp3) is 0.364. The van der Waals surface area contributed by atoms with Gasteiger partial charge >= 0.3 is 0 Å². The highest BCUT2D eigenvalue weighted by Crippen LogP contribution is 2.20. The second kappa shape index (κ2) is 3.92. The molecule has 0 aliphatic carbocycles. The van der Waals surface area contributed by atoms with Crippen LogP contribution in [0.15, 0.2) is 16.6 Å². The maximum absolute atomic E-state index is 5.37. The lowest BCUT2D eigenvalue weighted by molar-refractivity contribution is 0.550. The van der Waals surface area contributed by atoms with Gasteiger partial charge in [-0.3, -0.25) is 0 Å². The highest BCUT2D eigenvalue weighted by atomic mass is 16.4. The number of nitrogens with one attached hydrogen (secondary N) is 1. The van der Waals surface area contributed by atoms with Crippen molar-refractivity contribution in [2.75, 3.05) is 11.9 Å². The van der Waals surface area contributed by atoms with Gasteiger partial charge in [-0.1, -0.05) is 12.2 Å². The molecule has 2 aromatic heterocycles. The van der Waals surface area contributed by atoms with Crippen molar-refractivity contribution in [2.24, 2.45) is 0 Å². The van der Waals surface area contributed by atoms with E-state index in [1.807, 2.05) is 13.8 Å². The number of oxazole rings is 1. The van der Waals surface area contributed by atoms with E-state index in [2.05, 4.69) is 26.8 Å². The van der Waals surface area contributed by atoms with E-state index >= 15 is 0 Å². The first-order chi connectivity index (χ1) is 7.56. The van der Waals surface area contributed by atoms with Gasteiger partial charge in [0.05, 0.1) is 0 Å². The van der Waals surface area contributed by atoms with Gasteiger partial charge in [-0.25, -0.2) is 9.97 Å². The van der Waals surface area contributed by atoms with Gasteiger partial charge in [-0.05, 0) is 13.8 Å². The quantitative estimate of drug-likeness (QED) is 0.800. The maximum atomic E-state index is 5.37. The predicted molar refractivity (Wildman–Crippen MR) is 62.4 cm³/mol. The highest BCUT2D eigenvalue weighted by molar-refractivity contribution is 5.81. The molecule has 0 fully saturated rings. The molecule has 0 bridgehead atoms. The Morgan fingerprint density at radius 1 is 1.31 bits per heavy atom. The summed E-state index contributed by atoms with van der Waals surface area (Å²) in [5.74, 6) is 1.95. The Kier molecular flexibility index (Phi) is 2.60. The molecule has 1 N–H and O–H groups in total. The normalized spacial score (nSPS) is 10.7. The smallest absolute Gasteiger partial charge is 0.252 e. The molecule has 2 aromatic rings. The second-order valence-electron chi connectivity index (χ2n) is 3.82. The Hall–Kier alpha value is -1.91. The summed E-state index contributed by atoms with van der Waals surface area (Å²) >= 11 is 0. The lowest BCUT2D eigenvalue weighted by Crippen LogP contribution is -2.06. The summed E-state index contributed by atoms with van der Waals surface area (Å²) < 4.78 is 5.37. The summed E-state index contributed by atoms with van der Waals surface area (Å²) in [6.07, 6.45) is 0. The van der Waals surface area contributed by atoms with Crippen LogP contribution in [0.2, 0.25) is 0 Å². The first-order valence-corrected chi connectivity index (χ1v) is 5.06. The molecule has 0 spiro atoms. The maximum Gasteiger partial charge on any atom is 0.252 e. The standard InChI is InChI=1S/C11H14N4O/c1-6(2)5-12-10-9-11(14-7(3)13-10)16-8(4)15-9/h1,5H2,2-4H3,(H,12,13,14). The fourth-order valence-electron chi connectivity index (χ4n) is 1.39. The molecule has 0 saturated carbocycles. The van der Waals surface area contributed by atoms with Crippen LogP contribution >= 0.6 is 0 Å². The monoisotopic (exact) mass is 218 g/mol. The zero-order valence-corrected chi connectivity index (χ0v) is 9.66. The number of rotatable bonds is 3. The first-order valence-electron chi connectivity index (χ1n) is 5.06. The summed E-state index contributed by atoms with van der Waals surface area (Å²) in [5.41, 5.74) is 2.23. The molecule has 5 nitrogen and oxygen atoms in total. The number of hydrogen-bond donors (Lipinski definition) is 1. The molecule has 0 saturated heterocycles. The van der Waals surface area contributed by atoms with Crippen LogP contribution in [0.4, 0.5) is 5.82 Å². The van der Waals surface area contributed by atoms with Crippen LogP contribution in [0.1, 0.15) is 18.6 Å². The Morgan fingerprint density at radius 3 is 2.75 bits per heavy atom. The Balaban J connectivity index is 2.45. The SMILES string of the molecule is C=C(C)CNc1nc(C)nc2oc(C)nc12. The Morgan fingerprint density at radius 2 is 2.06 bits per heavy atom. The van der Waals surface area contributed by atoms with Crippen LogP contribution in [0.25, 0.3) is 11.2 Å². The van der Waals surface area contributed by atoms with Gasteiger partial charge < -0.3 is 9.73 Å². The van der Waals surface area contributed by atoms with Crippen molar-refractivity contribution in [1.29, 1.82) is 0 Å². The summed E-state index contributed by atoms with van der Waals surface area (Å²) in [7, 11) is 0. The van der Waals surface area contributed by atoms with Crippen LogP contribution in [0.3, 0.4) is 0 Å². The van der Waals surface area contributed by atoms with Crippen LogP contribution in [-0.4, -0.2) is 21.5 Å². The largest absolute Gasteiger partial charge is 0.422 e. The molecule has 0 aliphatic rings. The van der Waals surface area contributed by atoms with E-state index in [0.717, 1.165) is 5.57 Å². The minimum Gasteiger partial charge on any atom is -0.422 e. The number of aromatic nitrogens is 3. The van der Waals surface area contributed by atoms with Crippen molar-refractivity contribution in [3.63, 3.8) is 0 Å². The number of aryl methyl sites for hydroxylation is 2. The Bertz CT molecular complexity index is 544. The van der Waals surface area contributed by atoms with Gasteiger partial charge in [-0.2, -0.15) is 4.98 Å². The van der Waals surface area contributed by atoms with Crippen LogP contribution in [0, 0.1) is 13.8 Å². The molecule has 2 rings (SSSR count). The molecule has 84 valence electrons. The van der Waals surface area contributed by atoms with E-state index in [1.165, 1.54) is 0 Å². The molecule has 16 heavy (non-hydrogen) atoms. The van der Waals surface area contributed by atoms with E-state index in [-0.39, 0.29) is 0 Å². The molecule has 2 heterocycles. The summed E-state index contributed by atoms with van der Waals surface area (Å²) in [4.78, 5) is 12.7. The summed E-state index contributed by atoms with van der Waals surface area (Å²) in [6, 6.07) is 0. The van der Waals surface area contributed by atoms with Crippen molar-refractivity contribution in [2.45, 2.75) is 20.8 Å². The van der Waals surface area contributed by atoms with Gasteiger partial charge in [0.2, 0.25) is 0 Å².